The van der Waals surface area contributed by atoms with Crippen LogP contribution in [0.2, 0.25) is 0 Å². The van der Waals surface area contributed by atoms with E-state index in [1.54, 1.807) is 12.1 Å². The minimum Gasteiger partial charge on any atom is -0.345 e. The number of carbonyl (C=O) groups excluding carboxylic acids is 1. The maximum absolute atomic E-state index is 12.8. The van der Waals surface area contributed by atoms with Crippen LogP contribution in [0.3, 0.4) is 0 Å². The van der Waals surface area contributed by atoms with Gasteiger partial charge in [0.2, 0.25) is 0 Å². The Labute approximate surface area is 173 Å². The number of rotatable bonds is 7. The van der Waals surface area contributed by atoms with E-state index in [9.17, 15) is 23.3 Å². The van der Waals surface area contributed by atoms with Crippen molar-refractivity contribution in [1.82, 2.24) is 5.32 Å². The van der Waals surface area contributed by atoms with Gasteiger partial charge in [-0.3, -0.25) is 19.6 Å². The third-order valence-corrected chi connectivity index (χ3v) is 5.80. The fourth-order valence-electron chi connectivity index (χ4n) is 2.82. The Bertz CT molecular complexity index is 1160. The molecule has 3 aromatic carbocycles. The second-order valence-corrected chi connectivity index (χ2v) is 8.19. The number of anilines is 1. The normalized spacial score (nSPS) is 12.0. The molecule has 2 N–H and O–H groups in total. The molecule has 0 saturated heterocycles. The first-order valence-electron chi connectivity index (χ1n) is 9.00. The molecule has 0 aliphatic rings. The van der Waals surface area contributed by atoms with Crippen LogP contribution in [-0.4, -0.2) is 19.2 Å². The first-order valence-corrected chi connectivity index (χ1v) is 10.5. The summed E-state index contributed by atoms with van der Waals surface area (Å²) in [5, 5.41) is 13.6. The van der Waals surface area contributed by atoms with Gasteiger partial charge in [0.1, 0.15) is 0 Å². The zero-order chi connectivity index (χ0) is 21.7. The van der Waals surface area contributed by atoms with Gasteiger partial charge < -0.3 is 5.32 Å². The van der Waals surface area contributed by atoms with Crippen molar-refractivity contribution in [2.24, 2.45) is 0 Å². The summed E-state index contributed by atoms with van der Waals surface area (Å²) in [6, 6.07) is 19.8. The number of hydrogen-bond acceptors (Lipinski definition) is 5. The van der Waals surface area contributed by atoms with E-state index < -0.39 is 20.9 Å². The van der Waals surface area contributed by atoms with Gasteiger partial charge >= 0.3 is 0 Å². The van der Waals surface area contributed by atoms with Crippen LogP contribution in [0.25, 0.3) is 0 Å². The number of sulfonamides is 1. The van der Waals surface area contributed by atoms with Crippen LogP contribution in [0, 0.1) is 10.1 Å². The van der Waals surface area contributed by atoms with Crippen molar-refractivity contribution in [1.29, 1.82) is 0 Å². The quantitative estimate of drug-likeness (QED) is 0.440. The Morgan fingerprint density at radius 2 is 1.53 bits per heavy atom. The van der Waals surface area contributed by atoms with Crippen LogP contribution in [0.4, 0.5) is 11.4 Å². The predicted molar refractivity (Wildman–Crippen MR) is 113 cm³/mol. The maximum atomic E-state index is 12.8. The molecule has 1 amide bonds. The highest BCUT2D eigenvalue weighted by Gasteiger charge is 2.20. The Balaban J connectivity index is 1.82. The third kappa shape index (κ3) is 4.81. The molecular formula is C21H19N3O5S. The minimum atomic E-state index is -4.05. The first-order chi connectivity index (χ1) is 14.3. The van der Waals surface area contributed by atoms with E-state index in [0.717, 1.165) is 29.8 Å². The van der Waals surface area contributed by atoms with Gasteiger partial charge in [0.15, 0.2) is 0 Å². The second kappa shape index (κ2) is 8.75. The fourth-order valence-corrected chi connectivity index (χ4v) is 3.90. The molecular weight excluding hydrogens is 406 g/mol. The molecule has 0 bridgehead atoms. The van der Waals surface area contributed by atoms with Crippen molar-refractivity contribution in [2.75, 3.05) is 4.72 Å². The lowest BCUT2D eigenvalue weighted by Crippen LogP contribution is -2.28. The molecule has 8 nitrogen and oxygen atoms in total. The van der Waals surface area contributed by atoms with E-state index in [1.807, 2.05) is 37.3 Å². The van der Waals surface area contributed by atoms with E-state index in [0.29, 0.717) is 0 Å². The molecule has 0 spiro atoms. The van der Waals surface area contributed by atoms with Gasteiger partial charge in [-0.25, -0.2) is 8.42 Å². The van der Waals surface area contributed by atoms with Gasteiger partial charge in [0.05, 0.1) is 27.1 Å². The SMILES string of the molecule is CC(NC(=O)c1ccccc1NS(=O)(=O)c1ccc([N+](=O)[O-])cc1)c1ccccc1. The summed E-state index contributed by atoms with van der Waals surface area (Å²) in [6.45, 7) is 1.83. The molecule has 0 aromatic heterocycles. The van der Waals surface area contributed by atoms with Gasteiger partial charge in [-0.05, 0) is 36.8 Å². The predicted octanol–water partition coefficient (Wildman–Crippen LogP) is 3.89. The summed E-state index contributed by atoms with van der Waals surface area (Å²) in [6.07, 6.45) is 0. The number of nitrogens with one attached hydrogen (secondary N) is 2. The Morgan fingerprint density at radius 3 is 2.17 bits per heavy atom. The highest BCUT2D eigenvalue weighted by atomic mass is 32.2. The standard InChI is InChI=1S/C21H19N3O5S/c1-15(16-7-3-2-4-8-16)22-21(25)19-9-5-6-10-20(19)23-30(28,29)18-13-11-17(12-14-18)24(26)27/h2-15,23H,1H3,(H,22,25). The van der Waals surface area contributed by atoms with Gasteiger partial charge in [0, 0.05) is 12.1 Å². The Hall–Kier alpha value is -3.72. The van der Waals surface area contributed by atoms with Gasteiger partial charge in [0.25, 0.3) is 21.6 Å². The van der Waals surface area contributed by atoms with Crippen molar-refractivity contribution < 1.29 is 18.1 Å². The summed E-state index contributed by atoms with van der Waals surface area (Å²) in [5.41, 5.74) is 0.956. The van der Waals surface area contributed by atoms with Gasteiger partial charge in [-0.1, -0.05) is 42.5 Å². The van der Waals surface area contributed by atoms with E-state index in [1.165, 1.54) is 12.1 Å². The average molecular weight is 425 g/mol. The smallest absolute Gasteiger partial charge is 0.269 e. The highest BCUT2D eigenvalue weighted by molar-refractivity contribution is 7.92. The van der Waals surface area contributed by atoms with E-state index in [4.69, 9.17) is 0 Å². The number of amides is 1. The molecule has 0 saturated carbocycles. The molecule has 0 aliphatic carbocycles. The summed E-state index contributed by atoms with van der Waals surface area (Å²) in [5.74, 6) is -0.437. The first kappa shape index (κ1) is 21.0. The number of non-ortho nitro benzene ring substituents is 1. The second-order valence-electron chi connectivity index (χ2n) is 6.51. The third-order valence-electron chi connectivity index (χ3n) is 4.42. The molecule has 0 heterocycles. The average Bonchev–Trinajstić information content (AvgIpc) is 2.74. The maximum Gasteiger partial charge on any atom is 0.269 e. The molecule has 154 valence electrons. The summed E-state index contributed by atoms with van der Waals surface area (Å²) < 4.78 is 27.8. The monoisotopic (exact) mass is 425 g/mol. The van der Waals surface area contributed by atoms with Crippen molar-refractivity contribution in [3.63, 3.8) is 0 Å². The van der Waals surface area contributed by atoms with Crippen LogP contribution in [0.1, 0.15) is 28.9 Å². The van der Waals surface area contributed by atoms with Crippen LogP contribution >= 0.6 is 0 Å². The summed E-state index contributed by atoms with van der Waals surface area (Å²) in [4.78, 5) is 22.8. The van der Waals surface area contributed by atoms with Crippen LogP contribution in [0.15, 0.2) is 83.8 Å². The van der Waals surface area contributed by atoms with Crippen molar-refractivity contribution >= 4 is 27.3 Å². The van der Waals surface area contributed by atoms with Crippen molar-refractivity contribution in [3.8, 4) is 0 Å². The zero-order valence-electron chi connectivity index (χ0n) is 16.0. The number of hydrogen-bond donors (Lipinski definition) is 2. The lowest BCUT2D eigenvalue weighted by molar-refractivity contribution is -0.384. The number of carbonyl (C=O) groups is 1. The summed E-state index contributed by atoms with van der Waals surface area (Å²) >= 11 is 0. The van der Waals surface area contributed by atoms with Crippen LogP contribution in [-0.2, 0) is 10.0 Å². The lowest BCUT2D eigenvalue weighted by Gasteiger charge is -2.17. The van der Waals surface area contributed by atoms with E-state index in [-0.39, 0.29) is 27.9 Å². The molecule has 3 aromatic rings. The van der Waals surface area contributed by atoms with Gasteiger partial charge in [-0.15, -0.1) is 0 Å². The molecule has 3 rings (SSSR count). The number of para-hydroxylation sites is 1. The molecule has 0 radical (unpaired) electrons. The summed E-state index contributed by atoms with van der Waals surface area (Å²) in [7, 11) is -4.05. The Morgan fingerprint density at radius 1 is 0.933 bits per heavy atom. The molecule has 9 heteroatoms. The fraction of sp³-hybridized carbons (Fsp3) is 0.0952. The van der Waals surface area contributed by atoms with Crippen molar-refractivity contribution in [3.05, 3.63) is 100 Å². The molecule has 1 atom stereocenters. The topological polar surface area (TPSA) is 118 Å². The van der Waals surface area contributed by atoms with E-state index >= 15 is 0 Å². The number of nitro benzene ring substituents is 1. The largest absolute Gasteiger partial charge is 0.345 e. The Kier molecular flexibility index (Phi) is 6.12. The van der Waals surface area contributed by atoms with Gasteiger partial charge in [-0.2, -0.15) is 0 Å². The number of benzene rings is 3. The molecule has 0 aliphatic heterocycles. The highest BCUT2D eigenvalue weighted by Crippen LogP contribution is 2.23. The van der Waals surface area contributed by atoms with Crippen LogP contribution < -0.4 is 10.0 Å². The minimum absolute atomic E-state index is 0.105. The molecule has 30 heavy (non-hydrogen) atoms. The zero-order valence-corrected chi connectivity index (χ0v) is 16.8. The van der Waals surface area contributed by atoms with Crippen molar-refractivity contribution in [2.45, 2.75) is 17.9 Å². The number of nitro groups is 1. The molecule has 1 unspecified atom stereocenters. The number of nitrogens with zero attached hydrogens (tertiary/aromatic N) is 1. The van der Waals surface area contributed by atoms with Crippen LogP contribution in [0.5, 0.6) is 0 Å². The van der Waals surface area contributed by atoms with E-state index in [2.05, 4.69) is 10.0 Å². The molecule has 0 fully saturated rings. The lowest BCUT2D eigenvalue weighted by atomic mass is 10.1.